The Kier molecular flexibility index (Phi) is 2.87. The molecule has 0 aliphatic carbocycles. The van der Waals surface area contributed by atoms with Gasteiger partial charge in [-0.2, -0.15) is 0 Å². The molecule has 0 aromatic carbocycles. The first kappa shape index (κ1) is 9.98. The van der Waals surface area contributed by atoms with E-state index < -0.39 is 6.10 Å². The van der Waals surface area contributed by atoms with E-state index in [1.165, 1.54) is 11.8 Å². The fourth-order valence-electron chi connectivity index (χ4n) is 1.21. The minimum Gasteiger partial charge on any atom is -0.384 e. The molecule has 0 spiro atoms. The van der Waals surface area contributed by atoms with Gasteiger partial charge in [-0.05, 0) is 6.92 Å². The van der Waals surface area contributed by atoms with Crippen molar-refractivity contribution in [2.75, 3.05) is 26.7 Å². The molecule has 1 fully saturated rings. The second kappa shape index (κ2) is 3.74. The summed E-state index contributed by atoms with van der Waals surface area (Å²) < 4.78 is 0. The average Bonchev–Trinajstić information content (AvgIpc) is 2.08. The molecule has 1 N–H and O–H groups in total. The average molecular weight is 186 g/mol. The maximum Gasteiger partial charge on any atom is 0.251 e. The zero-order valence-electron chi connectivity index (χ0n) is 7.86. The molecule has 13 heavy (non-hydrogen) atoms. The third kappa shape index (κ3) is 2.18. The van der Waals surface area contributed by atoms with Crippen LogP contribution in [0.5, 0.6) is 0 Å². The number of likely N-dealkylation sites (N-methyl/N-ethyl adjacent to an activating group) is 1. The van der Waals surface area contributed by atoms with Gasteiger partial charge in [0.1, 0.15) is 6.10 Å². The van der Waals surface area contributed by atoms with Crippen LogP contribution in [0.25, 0.3) is 0 Å². The number of hydrogen-bond donors (Lipinski definition) is 1. The molecular weight excluding hydrogens is 172 g/mol. The molecule has 0 saturated carbocycles. The van der Waals surface area contributed by atoms with Crippen LogP contribution in [-0.2, 0) is 9.59 Å². The van der Waals surface area contributed by atoms with E-state index in [0.717, 1.165) is 0 Å². The summed E-state index contributed by atoms with van der Waals surface area (Å²) in [6.45, 7) is 2.54. The summed E-state index contributed by atoms with van der Waals surface area (Å²) in [6.07, 6.45) is -1.02. The SMILES string of the molecule is CC(O)C(=O)N1CCN(C)C(=O)C1. The lowest BCUT2D eigenvalue weighted by molar-refractivity contribution is -0.148. The van der Waals surface area contributed by atoms with Crippen LogP contribution in [0, 0.1) is 0 Å². The number of aliphatic hydroxyl groups is 1. The Labute approximate surface area is 76.9 Å². The smallest absolute Gasteiger partial charge is 0.251 e. The van der Waals surface area contributed by atoms with Gasteiger partial charge in [-0.25, -0.2) is 0 Å². The molecule has 1 rings (SSSR count). The summed E-state index contributed by atoms with van der Waals surface area (Å²) in [4.78, 5) is 25.4. The molecule has 1 heterocycles. The van der Waals surface area contributed by atoms with Gasteiger partial charge in [-0.1, -0.05) is 0 Å². The second-order valence-corrected chi connectivity index (χ2v) is 3.25. The Morgan fingerprint density at radius 3 is 2.62 bits per heavy atom. The lowest BCUT2D eigenvalue weighted by atomic mass is 10.2. The Morgan fingerprint density at radius 2 is 2.15 bits per heavy atom. The Hall–Kier alpha value is -1.10. The number of carbonyl (C=O) groups excluding carboxylic acids is 2. The summed E-state index contributed by atoms with van der Waals surface area (Å²) in [6, 6.07) is 0. The van der Waals surface area contributed by atoms with Gasteiger partial charge < -0.3 is 14.9 Å². The van der Waals surface area contributed by atoms with Crippen molar-refractivity contribution in [2.45, 2.75) is 13.0 Å². The quantitative estimate of drug-likeness (QED) is 0.552. The lowest BCUT2D eigenvalue weighted by Crippen LogP contribution is -2.52. The van der Waals surface area contributed by atoms with Gasteiger partial charge in [-0.3, -0.25) is 9.59 Å². The normalized spacial score (nSPS) is 20.4. The van der Waals surface area contributed by atoms with Crippen LogP contribution in [0.4, 0.5) is 0 Å². The summed E-state index contributed by atoms with van der Waals surface area (Å²) in [7, 11) is 1.70. The highest BCUT2D eigenvalue weighted by Gasteiger charge is 2.26. The fraction of sp³-hybridized carbons (Fsp3) is 0.750. The maximum absolute atomic E-state index is 11.3. The second-order valence-electron chi connectivity index (χ2n) is 3.25. The van der Waals surface area contributed by atoms with Gasteiger partial charge in [0.05, 0.1) is 6.54 Å². The monoisotopic (exact) mass is 186 g/mol. The summed E-state index contributed by atoms with van der Waals surface area (Å²) in [5.74, 6) is -0.457. The van der Waals surface area contributed by atoms with Gasteiger partial charge in [-0.15, -0.1) is 0 Å². The number of amides is 2. The van der Waals surface area contributed by atoms with Crippen molar-refractivity contribution in [1.29, 1.82) is 0 Å². The topological polar surface area (TPSA) is 60.9 Å². The fourth-order valence-corrected chi connectivity index (χ4v) is 1.21. The molecule has 0 aromatic heterocycles. The van der Waals surface area contributed by atoms with E-state index in [-0.39, 0.29) is 18.4 Å². The largest absolute Gasteiger partial charge is 0.384 e. The third-order valence-corrected chi connectivity index (χ3v) is 2.13. The summed E-state index contributed by atoms with van der Waals surface area (Å²) in [5, 5.41) is 9.01. The molecule has 5 heteroatoms. The lowest BCUT2D eigenvalue weighted by Gasteiger charge is -2.32. The van der Waals surface area contributed by atoms with Gasteiger partial charge >= 0.3 is 0 Å². The Morgan fingerprint density at radius 1 is 1.54 bits per heavy atom. The Balaban J connectivity index is 2.55. The van der Waals surface area contributed by atoms with Crippen molar-refractivity contribution in [3.8, 4) is 0 Å². The van der Waals surface area contributed by atoms with E-state index in [2.05, 4.69) is 0 Å². The molecule has 74 valence electrons. The number of rotatable bonds is 1. The minimum atomic E-state index is -1.02. The molecule has 1 aliphatic rings. The number of nitrogens with zero attached hydrogens (tertiary/aromatic N) is 2. The van der Waals surface area contributed by atoms with Crippen LogP contribution < -0.4 is 0 Å². The molecule has 0 bridgehead atoms. The highest BCUT2D eigenvalue weighted by atomic mass is 16.3. The summed E-state index contributed by atoms with van der Waals surface area (Å²) >= 11 is 0. The van der Waals surface area contributed by atoms with Gasteiger partial charge in [0.15, 0.2) is 0 Å². The zero-order valence-corrected chi connectivity index (χ0v) is 7.86. The van der Waals surface area contributed by atoms with E-state index in [9.17, 15) is 9.59 Å². The molecule has 2 amide bonds. The highest BCUT2D eigenvalue weighted by Crippen LogP contribution is 2.02. The molecule has 1 saturated heterocycles. The first-order valence-corrected chi connectivity index (χ1v) is 4.23. The van der Waals surface area contributed by atoms with E-state index in [0.29, 0.717) is 13.1 Å². The van der Waals surface area contributed by atoms with E-state index in [1.54, 1.807) is 11.9 Å². The summed E-state index contributed by atoms with van der Waals surface area (Å²) in [5.41, 5.74) is 0. The standard InChI is InChI=1S/C8H14N2O3/c1-6(11)8(13)10-4-3-9(2)7(12)5-10/h6,11H,3-5H2,1-2H3. The molecule has 0 aromatic rings. The van der Waals surface area contributed by atoms with Gasteiger partial charge in [0.2, 0.25) is 5.91 Å². The first-order chi connectivity index (χ1) is 6.02. The maximum atomic E-state index is 11.3. The molecular formula is C8H14N2O3. The predicted octanol–water partition coefficient (Wildman–Crippen LogP) is -1.33. The number of carbonyl (C=O) groups is 2. The van der Waals surface area contributed by atoms with Gasteiger partial charge in [0.25, 0.3) is 5.91 Å². The molecule has 0 radical (unpaired) electrons. The predicted molar refractivity (Wildman–Crippen MR) is 45.9 cm³/mol. The Bertz CT molecular complexity index is 227. The van der Waals surface area contributed by atoms with Gasteiger partial charge in [0, 0.05) is 20.1 Å². The molecule has 1 atom stereocenters. The van der Waals surface area contributed by atoms with Crippen LogP contribution in [-0.4, -0.2) is 59.5 Å². The van der Waals surface area contributed by atoms with E-state index in [1.807, 2.05) is 0 Å². The van der Waals surface area contributed by atoms with Crippen LogP contribution in [0.1, 0.15) is 6.92 Å². The van der Waals surface area contributed by atoms with Crippen molar-refractivity contribution in [2.24, 2.45) is 0 Å². The van der Waals surface area contributed by atoms with Crippen molar-refractivity contribution in [3.05, 3.63) is 0 Å². The molecule has 1 unspecified atom stereocenters. The van der Waals surface area contributed by atoms with Crippen LogP contribution in [0.3, 0.4) is 0 Å². The van der Waals surface area contributed by atoms with E-state index in [4.69, 9.17) is 5.11 Å². The van der Waals surface area contributed by atoms with E-state index >= 15 is 0 Å². The first-order valence-electron chi connectivity index (χ1n) is 4.23. The van der Waals surface area contributed by atoms with Crippen LogP contribution >= 0.6 is 0 Å². The van der Waals surface area contributed by atoms with Crippen molar-refractivity contribution in [1.82, 2.24) is 9.80 Å². The zero-order chi connectivity index (χ0) is 10.0. The minimum absolute atomic E-state index is 0.0831. The molecule has 1 aliphatic heterocycles. The third-order valence-electron chi connectivity index (χ3n) is 2.13. The van der Waals surface area contributed by atoms with Crippen molar-refractivity contribution in [3.63, 3.8) is 0 Å². The highest BCUT2D eigenvalue weighted by molar-refractivity contribution is 5.87. The number of hydrogen-bond acceptors (Lipinski definition) is 3. The molecule has 5 nitrogen and oxygen atoms in total. The number of piperazine rings is 1. The van der Waals surface area contributed by atoms with Crippen molar-refractivity contribution < 1.29 is 14.7 Å². The van der Waals surface area contributed by atoms with Crippen LogP contribution in [0.2, 0.25) is 0 Å². The van der Waals surface area contributed by atoms with Crippen molar-refractivity contribution >= 4 is 11.8 Å². The van der Waals surface area contributed by atoms with Crippen LogP contribution in [0.15, 0.2) is 0 Å². The number of aliphatic hydroxyl groups excluding tert-OH is 1.